The first kappa shape index (κ1) is 19.5. The number of aliphatic hydroxyl groups excluding tert-OH is 2. The largest absolute Gasteiger partial charge is 0.392 e. The predicted octanol–water partition coefficient (Wildman–Crippen LogP) is 3.23. The highest BCUT2D eigenvalue weighted by molar-refractivity contribution is 5.38. The molecule has 2 rings (SSSR count). The van der Waals surface area contributed by atoms with Crippen LogP contribution in [0.3, 0.4) is 0 Å². The monoisotopic (exact) mass is 356 g/mol. The summed E-state index contributed by atoms with van der Waals surface area (Å²) >= 11 is 0. The Labute approximate surface area is 153 Å². The number of hydrogen-bond donors (Lipinski definition) is 2. The van der Waals surface area contributed by atoms with Gasteiger partial charge in [0.25, 0.3) is 0 Å². The van der Waals surface area contributed by atoms with E-state index in [0.29, 0.717) is 13.1 Å². The van der Waals surface area contributed by atoms with E-state index >= 15 is 0 Å². The fourth-order valence-electron chi connectivity index (χ4n) is 1.97. The van der Waals surface area contributed by atoms with Crippen LogP contribution in [0.25, 0.3) is 0 Å². The molecule has 0 unspecified atom stereocenters. The topological polar surface area (TPSA) is 96.4 Å². The Kier molecular flexibility index (Phi) is 7.66. The fourth-order valence-corrected chi connectivity index (χ4v) is 1.97. The molecule has 0 atom stereocenters. The number of aliphatic hydroxyl groups is 2. The lowest BCUT2D eigenvalue weighted by Gasteiger charge is -2.15. The maximum atomic E-state index is 9.02. The molecule has 0 aliphatic carbocycles. The summed E-state index contributed by atoms with van der Waals surface area (Å²) in [6.45, 7) is 1.31. The van der Waals surface area contributed by atoms with Gasteiger partial charge in [-0.2, -0.15) is 0 Å². The molecule has 0 aliphatic heterocycles. The minimum atomic E-state index is 0.0177. The molecule has 0 saturated heterocycles. The molecule has 26 heavy (non-hydrogen) atoms. The van der Waals surface area contributed by atoms with Crippen molar-refractivity contribution < 1.29 is 10.2 Å². The third kappa shape index (κ3) is 6.58. The van der Waals surface area contributed by atoms with Gasteiger partial charge in [0.15, 0.2) is 0 Å². The van der Waals surface area contributed by atoms with Gasteiger partial charge in [-0.3, -0.25) is 10.0 Å². The minimum Gasteiger partial charge on any atom is -0.392 e. The lowest BCUT2D eigenvalue weighted by Crippen LogP contribution is -2.24. The van der Waals surface area contributed by atoms with Crippen molar-refractivity contribution in [1.29, 1.82) is 0 Å². The van der Waals surface area contributed by atoms with Crippen LogP contribution in [-0.2, 0) is 13.2 Å². The highest BCUT2D eigenvalue weighted by Crippen LogP contribution is 2.15. The van der Waals surface area contributed by atoms with Gasteiger partial charge in [-0.1, -0.05) is 34.7 Å². The highest BCUT2D eigenvalue weighted by atomic mass is 16.3. The van der Waals surface area contributed by atoms with Gasteiger partial charge < -0.3 is 10.2 Å². The number of nitrogens with zero attached hydrogens (tertiary/aromatic N) is 6. The second-order valence-corrected chi connectivity index (χ2v) is 5.79. The first-order valence-corrected chi connectivity index (χ1v) is 8.26. The number of benzene rings is 2. The number of hydrogen-bond acceptors (Lipinski definition) is 6. The van der Waals surface area contributed by atoms with E-state index in [1.807, 2.05) is 62.6 Å². The Morgan fingerprint density at radius 3 is 1.31 bits per heavy atom. The molecule has 0 spiro atoms. The van der Waals surface area contributed by atoms with Crippen molar-refractivity contribution in [1.82, 2.24) is 10.0 Å². The average Bonchev–Trinajstić information content (AvgIpc) is 2.69. The van der Waals surface area contributed by atoms with Crippen LogP contribution in [0.1, 0.15) is 11.1 Å². The molecule has 2 aromatic rings. The van der Waals surface area contributed by atoms with Crippen molar-refractivity contribution >= 4 is 11.4 Å². The van der Waals surface area contributed by atoms with Crippen molar-refractivity contribution in [3.05, 3.63) is 59.7 Å². The summed E-state index contributed by atoms with van der Waals surface area (Å²) in [5, 5.41) is 38.0. The van der Waals surface area contributed by atoms with Crippen molar-refractivity contribution in [2.75, 3.05) is 27.2 Å². The molecule has 0 heterocycles. The first-order valence-electron chi connectivity index (χ1n) is 8.26. The molecule has 0 radical (unpaired) electrons. The van der Waals surface area contributed by atoms with E-state index in [1.54, 1.807) is 10.0 Å². The fraction of sp³-hybridized carbons (Fsp3) is 0.333. The van der Waals surface area contributed by atoms with Crippen LogP contribution in [0, 0.1) is 0 Å². The molecule has 8 heteroatoms. The van der Waals surface area contributed by atoms with Crippen molar-refractivity contribution in [2.24, 2.45) is 20.7 Å². The van der Waals surface area contributed by atoms with Gasteiger partial charge in [-0.05, 0) is 35.4 Å². The first-order chi connectivity index (χ1) is 12.6. The maximum absolute atomic E-state index is 9.02. The molecule has 0 aliphatic rings. The van der Waals surface area contributed by atoms with E-state index in [2.05, 4.69) is 20.7 Å². The second-order valence-electron chi connectivity index (χ2n) is 5.79. The number of likely N-dealkylation sites (N-methyl/N-ethyl adjacent to an activating group) is 2. The average molecular weight is 356 g/mol. The van der Waals surface area contributed by atoms with E-state index in [1.165, 1.54) is 0 Å². The summed E-state index contributed by atoms with van der Waals surface area (Å²) in [5.74, 6) is 0. The van der Waals surface area contributed by atoms with Gasteiger partial charge in [0.1, 0.15) is 0 Å². The molecular weight excluding hydrogens is 332 g/mol. The van der Waals surface area contributed by atoms with Gasteiger partial charge in [0.05, 0.1) is 37.7 Å². The highest BCUT2D eigenvalue weighted by Gasteiger charge is 1.99. The van der Waals surface area contributed by atoms with Crippen LogP contribution in [0.2, 0.25) is 0 Å². The Hall–Kier alpha value is -2.84. The summed E-state index contributed by atoms with van der Waals surface area (Å²) in [6.07, 6.45) is 0. The molecule has 2 N–H and O–H groups in total. The third-order valence-electron chi connectivity index (χ3n) is 3.61. The minimum absolute atomic E-state index is 0.0177. The van der Waals surface area contributed by atoms with E-state index < -0.39 is 0 Å². The summed E-state index contributed by atoms with van der Waals surface area (Å²) < 4.78 is 0. The van der Waals surface area contributed by atoms with Crippen LogP contribution in [0.5, 0.6) is 0 Å². The summed E-state index contributed by atoms with van der Waals surface area (Å²) in [6, 6.07) is 14.5. The van der Waals surface area contributed by atoms with Gasteiger partial charge in [0, 0.05) is 14.1 Å². The van der Waals surface area contributed by atoms with Crippen molar-refractivity contribution in [3.8, 4) is 0 Å². The normalized spacial score (nSPS) is 11.4. The summed E-state index contributed by atoms with van der Waals surface area (Å²) in [4.78, 5) is 0. The molecule has 0 amide bonds. The Morgan fingerprint density at radius 1 is 0.654 bits per heavy atom. The zero-order valence-corrected chi connectivity index (χ0v) is 15.0. The standard InChI is InChI=1S/C18H24N6O2/c1-23(21-19-17-7-3-15(13-25)4-8-17)11-12-24(2)22-20-18-9-5-16(14-26)6-10-18/h3-10,25-26H,11-14H2,1-2H3/b21-19+,22-20?. The lowest BCUT2D eigenvalue weighted by molar-refractivity contribution is 0.252. The Bertz CT molecular complexity index is 652. The van der Waals surface area contributed by atoms with Gasteiger partial charge in [0.2, 0.25) is 0 Å². The van der Waals surface area contributed by atoms with Crippen LogP contribution in [0.15, 0.2) is 69.2 Å². The predicted molar refractivity (Wildman–Crippen MR) is 99.0 cm³/mol. The third-order valence-corrected chi connectivity index (χ3v) is 3.61. The van der Waals surface area contributed by atoms with Crippen molar-refractivity contribution in [3.63, 3.8) is 0 Å². The molecule has 8 nitrogen and oxygen atoms in total. The quantitative estimate of drug-likeness (QED) is 0.532. The molecule has 2 aromatic carbocycles. The van der Waals surface area contributed by atoms with Crippen molar-refractivity contribution in [2.45, 2.75) is 13.2 Å². The molecule has 0 bridgehead atoms. The van der Waals surface area contributed by atoms with Crippen LogP contribution < -0.4 is 0 Å². The zero-order valence-electron chi connectivity index (χ0n) is 15.0. The zero-order chi connectivity index (χ0) is 18.8. The Morgan fingerprint density at radius 2 is 1.00 bits per heavy atom. The Balaban J connectivity index is 1.77. The van der Waals surface area contributed by atoms with Gasteiger partial charge in [-0.15, -0.1) is 10.2 Å². The van der Waals surface area contributed by atoms with E-state index in [-0.39, 0.29) is 13.2 Å². The van der Waals surface area contributed by atoms with Gasteiger partial charge >= 0.3 is 0 Å². The van der Waals surface area contributed by atoms with E-state index in [0.717, 1.165) is 22.5 Å². The SMILES string of the molecule is CN(CCN(C)/N=N/c1ccc(CO)cc1)N=Nc1ccc(CO)cc1. The number of rotatable bonds is 9. The maximum Gasteiger partial charge on any atom is 0.0874 e. The molecule has 0 saturated carbocycles. The molecule has 0 fully saturated rings. The summed E-state index contributed by atoms with van der Waals surface area (Å²) in [5.41, 5.74) is 3.15. The molecule has 138 valence electrons. The van der Waals surface area contributed by atoms with Gasteiger partial charge in [-0.25, -0.2) is 0 Å². The second kappa shape index (κ2) is 10.2. The van der Waals surface area contributed by atoms with E-state index in [9.17, 15) is 0 Å². The van der Waals surface area contributed by atoms with Crippen LogP contribution >= 0.6 is 0 Å². The smallest absolute Gasteiger partial charge is 0.0874 e. The molecular formula is C18H24N6O2. The lowest BCUT2D eigenvalue weighted by atomic mass is 10.2. The van der Waals surface area contributed by atoms with E-state index in [4.69, 9.17) is 10.2 Å². The van der Waals surface area contributed by atoms with Crippen LogP contribution in [-0.4, -0.2) is 47.4 Å². The summed E-state index contributed by atoms with van der Waals surface area (Å²) in [7, 11) is 3.67. The van der Waals surface area contributed by atoms with Crippen LogP contribution in [0.4, 0.5) is 11.4 Å². The molecule has 0 aromatic heterocycles.